The number of rotatable bonds is 31. The van der Waals surface area contributed by atoms with Crippen molar-refractivity contribution in [1.82, 2.24) is 0 Å². The Hall–Kier alpha value is -2.23. The fraction of sp³-hybridized carbons (Fsp3) is 0.806. The van der Waals surface area contributed by atoms with E-state index in [1.165, 1.54) is 25.7 Å². The molecule has 0 aromatic carbocycles. The van der Waals surface area contributed by atoms with Crippen molar-refractivity contribution in [3.8, 4) is 0 Å². The Bertz CT molecular complexity index is 805. The van der Waals surface area contributed by atoms with Crippen molar-refractivity contribution in [3.63, 3.8) is 0 Å². The van der Waals surface area contributed by atoms with E-state index in [1.54, 1.807) is 0 Å². The molecule has 0 radical (unpaired) electrons. The highest BCUT2D eigenvalue weighted by Gasteiger charge is 2.21. The van der Waals surface area contributed by atoms with E-state index in [4.69, 9.17) is 18.9 Å². The van der Waals surface area contributed by atoms with Gasteiger partial charge < -0.3 is 33.3 Å². The van der Waals surface area contributed by atoms with Gasteiger partial charge in [0.15, 0.2) is 12.4 Å². The smallest absolute Gasteiger partial charge is 0.306 e. The molecule has 0 aromatic rings. The summed E-state index contributed by atoms with van der Waals surface area (Å²) in [7, 11) is 5.88. The van der Waals surface area contributed by atoms with Gasteiger partial charge in [0, 0.05) is 12.8 Å². The minimum atomic E-state index is -1.62. The zero-order valence-corrected chi connectivity index (χ0v) is 29.2. The molecular weight excluding hydrogens is 574 g/mol. The third-order valence-electron chi connectivity index (χ3n) is 7.20. The minimum absolute atomic E-state index is 0.145. The maximum absolute atomic E-state index is 12.6. The summed E-state index contributed by atoms with van der Waals surface area (Å²) in [5.41, 5.74) is 0. The number of ether oxygens (including phenoxy) is 4. The Labute approximate surface area is 274 Å². The Morgan fingerprint density at radius 3 is 1.82 bits per heavy atom. The van der Waals surface area contributed by atoms with E-state index in [0.29, 0.717) is 17.4 Å². The van der Waals surface area contributed by atoms with Gasteiger partial charge >= 0.3 is 11.9 Å². The van der Waals surface area contributed by atoms with Crippen molar-refractivity contribution in [2.24, 2.45) is 0 Å². The number of esters is 2. The van der Waals surface area contributed by atoms with Gasteiger partial charge in [-0.15, -0.1) is 0 Å². The Morgan fingerprint density at radius 2 is 1.22 bits per heavy atom. The predicted octanol–water partition coefficient (Wildman–Crippen LogP) is 6.43. The van der Waals surface area contributed by atoms with Crippen LogP contribution in [0.15, 0.2) is 24.3 Å². The van der Waals surface area contributed by atoms with Gasteiger partial charge in [-0.2, -0.15) is 0 Å². The van der Waals surface area contributed by atoms with Crippen molar-refractivity contribution < 1.29 is 42.9 Å². The molecule has 0 N–H and O–H groups in total. The number of allylic oxidation sites excluding steroid dienone is 4. The second-order valence-electron chi connectivity index (χ2n) is 12.8. The second-order valence-corrected chi connectivity index (χ2v) is 12.8. The average Bonchev–Trinajstić information content (AvgIpc) is 2.98. The molecular formula is C36H65NO8. The number of aliphatic carboxylic acids is 1. The van der Waals surface area contributed by atoms with Gasteiger partial charge in [-0.1, -0.05) is 102 Å². The van der Waals surface area contributed by atoms with Crippen LogP contribution in [0.25, 0.3) is 0 Å². The summed E-state index contributed by atoms with van der Waals surface area (Å²) < 4.78 is 22.3. The molecule has 0 aliphatic rings. The van der Waals surface area contributed by atoms with Gasteiger partial charge in [-0.25, -0.2) is 0 Å². The van der Waals surface area contributed by atoms with Crippen LogP contribution < -0.4 is 5.11 Å². The van der Waals surface area contributed by atoms with Crippen molar-refractivity contribution in [3.05, 3.63) is 24.3 Å². The van der Waals surface area contributed by atoms with E-state index in [0.717, 1.165) is 70.6 Å². The molecule has 0 bridgehead atoms. The number of carbonyl (C=O) groups is 3. The van der Waals surface area contributed by atoms with Crippen LogP contribution in [0.2, 0.25) is 0 Å². The highest BCUT2D eigenvalue weighted by Crippen LogP contribution is 2.11. The van der Waals surface area contributed by atoms with Crippen LogP contribution in [-0.4, -0.2) is 82.3 Å². The van der Waals surface area contributed by atoms with Crippen LogP contribution in [0.5, 0.6) is 0 Å². The van der Waals surface area contributed by atoms with E-state index < -0.39 is 24.3 Å². The quantitative estimate of drug-likeness (QED) is 0.0281. The normalized spacial score (nSPS) is 13.4. The number of carbonyl (C=O) groups excluding carboxylic acids is 3. The van der Waals surface area contributed by atoms with Gasteiger partial charge in [0.2, 0.25) is 0 Å². The van der Waals surface area contributed by atoms with Crippen molar-refractivity contribution in [2.45, 2.75) is 142 Å². The topological polar surface area (TPSA) is 111 Å². The van der Waals surface area contributed by atoms with Crippen LogP contribution in [0.3, 0.4) is 0 Å². The Kier molecular flexibility index (Phi) is 27.7. The summed E-state index contributed by atoms with van der Waals surface area (Å²) in [4.78, 5) is 36.4. The first-order valence-corrected chi connectivity index (χ1v) is 17.5. The molecule has 2 unspecified atom stereocenters. The first-order chi connectivity index (χ1) is 21.6. The molecule has 0 saturated carbocycles. The largest absolute Gasteiger partial charge is 0.545 e. The standard InChI is InChI=1S/C36H65NO8/c1-6-8-10-12-14-15-16-17-18-19-20-21-23-25-27-34(39)45-32(30-43-33(38)26-24-22-13-11-9-7-2)31-44-36(35(40)41)42-29-28-37(3,4)5/h12,14,16-17,32,36H,6-11,13,15,18-31H2,1-5H3/b14-12-,17-16-. The lowest BCUT2D eigenvalue weighted by Gasteiger charge is -2.26. The fourth-order valence-electron chi connectivity index (χ4n) is 4.37. The van der Waals surface area contributed by atoms with Gasteiger partial charge in [0.25, 0.3) is 0 Å². The number of quaternary nitrogens is 1. The average molecular weight is 640 g/mol. The van der Waals surface area contributed by atoms with E-state index in [1.807, 2.05) is 21.1 Å². The molecule has 0 spiro atoms. The van der Waals surface area contributed by atoms with E-state index >= 15 is 0 Å². The maximum atomic E-state index is 12.6. The van der Waals surface area contributed by atoms with Crippen LogP contribution in [-0.2, 0) is 33.3 Å². The third kappa shape index (κ3) is 30.2. The fourth-order valence-corrected chi connectivity index (χ4v) is 4.37. The summed E-state index contributed by atoms with van der Waals surface area (Å²) in [5.74, 6) is -2.32. The number of likely N-dealkylation sites (N-methyl/N-ethyl adjacent to an activating group) is 1. The van der Waals surface area contributed by atoms with E-state index in [2.05, 4.69) is 38.2 Å². The summed E-state index contributed by atoms with van der Waals surface area (Å²) in [6, 6.07) is 0. The molecule has 2 atom stereocenters. The van der Waals surface area contributed by atoms with Crippen LogP contribution in [0.1, 0.15) is 129 Å². The van der Waals surface area contributed by atoms with Gasteiger partial charge in [0.1, 0.15) is 13.2 Å². The number of carboxylic acid groups (broad SMARTS) is 1. The number of hydrogen-bond donors (Lipinski definition) is 0. The Morgan fingerprint density at radius 1 is 0.667 bits per heavy atom. The van der Waals surface area contributed by atoms with E-state index in [-0.39, 0.29) is 38.6 Å². The molecule has 0 fully saturated rings. The summed E-state index contributed by atoms with van der Waals surface area (Å²) in [5, 5.41) is 11.6. The number of carboxylic acids is 1. The SMILES string of the molecule is CCCC/C=C\C/C=C\CCCCCCCC(=O)OC(COC(=O)CCCCCCCC)COC(OCC[N+](C)(C)C)C(=O)[O-]. The summed E-state index contributed by atoms with van der Waals surface area (Å²) in [6.45, 7) is 4.58. The molecule has 0 aliphatic carbocycles. The lowest BCUT2D eigenvalue weighted by atomic mass is 10.1. The zero-order valence-electron chi connectivity index (χ0n) is 29.2. The predicted molar refractivity (Wildman–Crippen MR) is 177 cm³/mol. The molecule has 9 nitrogen and oxygen atoms in total. The molecule has 0 heterocycles. The van der Waals surface area contributed by atoms with Crippen LogP contribution >= 0.6 is 0 Å². The molecule has 45 heavy (non-hydrogen) atoms. The molecule has 262 valence electrons. The summed E-state index contributed by atoms with van der Waals surface area (Å²) >= 11 is 0. The highest BCUT2D eigenvalue weighted by molar-refractivity contribution is 5.70. The third-order valence-corrected chi connectivity index (χ3v) is 7.20. The molecule has 9 heteroatoms. The van der Waals surface area contributed by atoms with Gasteiger partial charge in [0.05, 0.1) is 40.3 Å². The first-order valence-electron chi connectivity index (χ1n) is 17.5. The van der Waals surface area contributed by atoms with Crippen LogP contribution in [0.4, 0.5) is 0 Å². The minimum Gasteiger partial charge on any atom is -0.545 e. The van der Waals surface area contributed by atoms with Crippen molar-refractivity contribution in [1.29, 1.82) is 0 Å². The molecule has 0 amide bonds. The van der Waals surface area contributed by atoms with Gasteiger partial charge in [-0.3, -0.25) is 9.59 Å². The second kappa shape index (κ2) is 29.2. The lowest BCUT2D eigenvalue weighted by molar-refractivity contribution is -0.870. The molecule has 0 aliphatic heterocycles. The summed E-state index contributed by atoms with van der Waals surface area (Å²) in [6.07, 6.45) is 23.8. The highest BCUT2D eigenvalue weighted by atomic mass is 16.7. The lowest BCUT2D eigenvalue weighted by Crippen LogP contribution is -2.44. The van der Waals surface area contributed by atoms with Crippen LogP contribution in [0, 0.1) is 0 Å². The maximum Gasteiger partial charge on any atom is 0.306 e. The van der Waals surface area contributed by atoms with Gasteiger partial charge in [-0.05, 0) is 38.5 Å². The number of hydrogen-bond acceptors (Lipinski definition) is 8. The first kappa shape index (κ1) is 42.8. The zero-order chi connectivity index (χ0) is 33.6. The van der Waals surface area contributed by atoms with E-state index in [9.17, 15) is 19.5 Å². The monoisotopic (exact) mass is 639 g/mol. The molecule has 0 saturated heterocycles. The number of unbranched alkanes of at least 4 members (excludes halogenated alkanes) is 12. The molecule has 0 rings (SSSR count). The number of nitrogens with zero attached hydrogens (tertiary/aromatic N) is 1. The van der Waals surface area contributed by atoms with Crippen molar-refractivity contribution >= 4 is 17.9 Å². The molecule has 0 aromatic heterocycles. The van der Waals surface area contributed by atoms with Crippen molar-refractivity contribution in [2.75, 3.05) is 47.5 Å². The Balaban J connectivity index is 4.56.